The summed E-state index contributed by atoms with van der Waals surface area (Å²) < 4.78 is 5.96. The second-order valence-corrected chi connectivity index (χ2v) is 8.30. The van der Waals surface area contributed by atoms with Crippen LogP contribution < -0.4 is 0 Å². The van der Waals surface area contributed by atoms with E-state index < -0.39 is 0 Å². The first-order valence-electron chi connectivity index (χ1n) is 10.8. The van der Waals surface area contributed by atoms with Crippen LogP contribution in [-0.2, 0) is 14.3 Å². The summed E-state index contributed by atoms with van der Waals surface area (Å²) in [6.07, 6.45) is 11.9. The third-order valence-electron chi connectivity index (χ3n) is 5.34. The summed E-state index contributed by atoms with van der Waals surface area (Å²) in [4.78, 5) is 24.5. The zero-order valence-corrected chi connectivity index (χ0v) is 17.4. The molecule has 0 amide bonds. The minimum absolute atomic E-state index is 0.308. The van der Waals surface area contributed by atoms with Crippen LogP contribution in [0.2, 0.25) is 0 Å². The Bertz CT molecular complexity index is 397. The molecule has 1 aliphatic rings. The van der Waals surface area contributed by atoms with Crippen molar-refractivity contribution in [2.45, 2.75) is 97.4 Å². The lowest BCUT2D eigenvalue weighted by molar-refractivity contribution is -0.118. The highest BCUT2D eigenvalue weighted by atomic mass is 16.5. The first-order chi connectivity index (χ1) is 12.5. The van der Waals surface area contributed by atoms with E-state index in [2.05, 4.69) is 11.8 Å². The monoisotopic (exact) mass is 367 g/mol. The minimum atomic E-state index is 0.308. The fraction of sp³-hybridized carbons (Fsp3) is 0.909. The van der Waals surface area contributed by atoms with E-state index in [4.69, 9.17) is 4.74 Å². The molecule has 1 rings (SSSR count). The van der Waals surface area contributed by atoms with Crippen LogP contribution in [0.5, 0.6) is 0 Å². The van der Waals surface area contributed by atoms with Gasteiger partial charge in [-0.2, -0.15) is 0 Å². The van der Waals surface area contributed by atoms with Gasteiger partial charge in [0.25, 0.3) is 0 Å². The van der Waals surface area contributed by atoms with Gasteiger partial charge in [-0.15, -0.1) is 0 Å². The average molecular weight is 368 g/mol. The van der Waals surface area contributed by atoms with Gasteiger partial charge in [-0.25, -0.2) is 0 Å². The van der Waals surface area contributed by atoms with Gasteiger partial charge in [0.2, 0.25) is 0 Å². The third kappa shape index (κ3) is 11.8. The van der Waals surface area contributed by atoms with Crippen LogP contribution in [-0.4, -0.2) is 48.8 Å². The number of carbonyl (C=O) groups excluding carboxylic acids is 2. The lowest BCUT2D eigenvalue weighted by atomic mass is 10.1. The molecule has 26 heavy (non-hydrogen) atoms. The van der Waals surface area contributed by atoms with E-state index in [1.54, 1.807) is 13.8 Å². The molecule has 1 aliphatic heterocycles. The lowest BCUT2D eigenvalue weighted by Crippen LogP contribution is -2.34. The normalized spacial score (nSPS) is 20.6. The quantitative estimate of drug-likeness (QED) is 0.368. The molecule has 4 heteroatoms. The number of ketones is 2. The average Bonchev–Trinajstić information content (AvgIpc) is 2.92. The van der Waals surface area contributed by atoms with Crippen molar-refractivity contribution in [2.75, 3.05) is 26.3 Å². The molecule has 0 radical (unpaired) electrons. The molecule has 1 unspecified atom stereocenters. The Labute approximate surface area is 161 Å². The number of hydrogen-bond acceptors (Lipinski definition) is 4. The molecule has 1 heterocycles. The summed E-state index contributed by atoms with van der Waals surface area (Å²) in [6.45, 7) is 9.76. The molecular weight excluding hydrogens is 326 g/mol. The highest BCUT2D eigenvalue weighted by Gasteiger charge is 2.28. The van der Waals surface area contributed by atoms with Crippen LogP contribution in [0, 0.1) is 5.92 Å². The van der Waals surface area contributed by atoms with E-state index >= 15 is 0 Å². The van der Waals surface area contributed by atoms with Crippen molar-refractivity contribution < 1.29 is 14.3 Å². The van der Waals surface area contributed by atoms with Gasteiger partial charge in [0.15, 0.2) is 0 Å². The summed E-state index contributed by atoms with van der Waals surface area (Å²) in [5, 5.41) is 0. The largest absolute Gasteiger partial charge is 0.380 e. The number of rotatable bonds is 16. The topological polar surface area (TPSA) is 46.6 Å². The minimum Gasteiger partial charge on any atom is -0.380 e. The van der Waals surface area contributed by atoms with E-state index in [0.29, 0.717) is 17.6 Å². The van der Waals surface area contributed by atoms with Gasteiger partial charge >= 0.3 is 0 Å². The zero-order valence-electron chi connectivity index (χ0n) is 17.4. The molecule has 1 fully saturated rings. The van der Waals surface area contributed by atoms with Crippen LogP contribution in [0.3, 0.4) is 0 Å². The summed E-state index contributed by atoms with van der Waals surface area (Å²) in [5.74, 6) is 1.38. The molecule has 0 aromatic heterocycles. The summed E-state index contributed by atoms with van der Waals surface area (Å²) >= 11 is 0. The van der Waals surface area contributed by atoms with E-state index in [1.807, 2.05) is 0 Å². The van der Waals surface area contributed by atoms with Gasteiger partial charge in [0.05, 0.1) is 6.61 Å². The maximum Gasteiger partial charge on any atom is 0.129 e. The number of hydrogen-bond donors (Lipinski definition) is 0. The molecule has 0 aromatic carbocycles. The molecule has 0 aliphatic carbocycles. The number of ether oxygens (including phenoxy) is 1. The van der Waals surface area contributed by atoms with Gasteiger partial charge in [-0.3, -0.25) is 4.90 Å². The molecule has 1 saturated heterocycles. The van der Waals surface area contributed by atoms with Gasteiger partial charge in [-0.1, -0.05) is 32.6 Å². The van der Waals surface area contributed by atoms with E-state index in [0.717, 1.165) is 70.6 Å². The zero-order chi connectivity index (χ0) is 19.2. The van der Waals surface area contributed by atoms with Gasteiger partial charge < -0.3 is 14.3 Å². The number of carbonyl (C=O) groups is 2. The van der Waals surface area contributed by atoms with Crippen LogP contribution >= 0.6 is 0 Å². The Kier molecular flexibility index (Phi) is 12.8. The molecule has 4 nitrogen and oxygen atoms in total. The van der Waals surface area contributed by atoms with Crippen LogP contribution in [0.25, 0.3) is 0 Å². The Hall–Kier alpha value is -0.740. The van der Waals surface area contributed by atoms with Crippen LogP contribution in [0.4, 0.5) is 0 Å². The summed E-state index contributed by atoms with van der Waals surface area (Å²) in [6, 6.07) is 0.577. The number of likely N-dealkylation sites (tertiary alicyclic amines) is 1. The molecular formula is C22H41NO3. The predicted octanol–water partition coefficient (Wildman–Crippen LogP) is 4.79. The first-order valence-corrected chi connectivity index (χ1v) is 10.8. The van der Waals surface area contributed by atoms with Crippen molar-refractivity contribution >= 4 is 11.6 Å². The molecule has 0 aromatic rings. The van der Waals surface area contributed by atoms with Crippen molar-refractivity contribution in [1.82, 2.24) is 4.90 Å². The van der Waals surface area contributed by atoms with Gasteiger partial charge in [-0.05, 0) is 58.4 Å². The van der Waals surface area contributed by atoms with Crippen LogP contribution in [0.15, 0.2) is 0 Å². The van der Waals surface area contributed by atoms with E-state index in [1.165, 1.54) is 32.2 Å². The first kappa shape index (κ1) is 23.3. The van der Waals surface area contributed by atoms with E-state index in [9.17, 15) is 9.59 Å². The standard InChI is InChI=1S/C22H41NO3/c1-19-16-22(23(17-19)14-10-7-9-13-21(3)25)18-26-15-11-6-4-5-8-12-20(2)24/h19,22H,4-18H2,1-3H3/t19?,22-/m0/s1. The Morgan fingerprint density at radius 3 is 2.12 bits per heavy atom. The Balaban J connectivity index is 2.03. The molecule has 0 N–H and O–H groups in total. The maximum atomic E-state index is 11.0. The fourth-order valence-electron chi connectivity index (χ4n) is 3.88. The second-order valence-electron chi connectivity index (χ2n) is 8.30. The maximum absolute atomic E-state index is 11.0. The lowest BCUT2D eigenvalue weighted by Gasteiger charge is -2.24. The second kappa shape index (κ2) is 14.3. The van der Waals surface area contributed by atoms with Crippen molar-refractivity contribution in [3.63, 3.8) is 0 Å². The highest BCUT2D eigenvalue weighted by Crippen LogP contribution is 2.23. The summed E-state index contributed by atoms with van der Waals surface area (Å²) in [7, 11) is 0. The highest BCUT2D eigenvalue weighted by molar-refractivity contribution is 5.75. The SMILES string of the molecule is CC(=O)CCCCCCCOC[C@@H]1CC(C)CN1CCCCCC(C)=O. The van der Waals surface area contributed by atoms with Crippen molar-refractivity contribution in [2.24, 2.45) is 5.92 Å². The van der Waals surface area contributed by atoms with Gasteiger partial charge in [0.1, 0.15) is 11.6 Å². The predicted molar refractivity (Wildman–Crippen MR) is 107 cm³/mol. The van der Waals surface area contributed by atoms with Crippen molar-refractivity contribution in [3.05, 3.63) is 0 Å². The third-order valence-corrected chi connectivity index (χ3v) is 5.34. The van der Waals surface area contributed by atoms with E-state index in [-0.39, 0.29) is 0 Å². The molecule has 0 bridgehead atoms. The fourth-order valence-corrected chi connectivity index (χ4v) is 3.88. The molecule has 0 saturated carbocycles. The summed E-state index contributed by atoms with van der Waals surface area (Å²) in [5.41, 5.74) is 0. The Morgan fingerprint density at radius 1 is 0.885 bits per heavy atom. The molecule has 0 spiro atoms. The van der Waals surface area contributed by atoms with Crippen LogP contribution in [0.1, 0.15) is 91.4 Å². The van der Waals surface area contributed by atoms with Gasteiger partial charge in [0, 0.05) is 32.0 Å². The number of unbranched alkanes of at least 4 members (excludes halogenated alkanes) is 6. The number of Topliss-reactive ketones (excluding diaryl/α,β-unsaturated/α-hetero) is 2. The van der Waals surface area contributed by atoms with Crippen molar-refractivity contribution in [1.29, 1.82) is 0 Å². The smallest absolute Gasteiger partial charge is 0.129 e. The Morgan fingerprint density at radius 2 is 1.46 bits per heavy atom. The molecule has 152 valence electrons. The van der Waals surface area contributed by atoms with Crippen molar-refractivity contribution in [3.8, 4) is 0 Å². The number of nitrogens with zero attached hydrogens (tertiary/aromatic N) is 1. The molecule has 2 atom stereocenters.